The van der Waals surface area contributed by atoms with Crippen molar-refractivity contribution in [1.29, 1.82) is 0 Å². The molecule has 0 amide bonds. The number of ether oxygens (including phenoxy) is 2. The molecule has 2 atom stereocenters. The number of fused-ring (bicyclic) bond motifs is 5. The van der Waals surface area contributed by atoms with Crippen LogP contribution in [0, 0.1) is 20.8 Å². The van der Waals surface area contributed by atoms with Crippen LogP contribution in [-0.4, -0.2) is 16.4 Å². The minimum atomic E-state index is -1.73. The Balaban J connectivity index is 1.20. The first-order valence-electron chi connectivity index (χ1n) is 19.9. The summed E-state index contributed by atoms with van der Waals surface area (Å²) in [5, 5.41) is 0. The molecule has 0 N–H and O–H groups in total. The third kappa shape index (κ3) is 5.49. The van der Waals surface area contributed by atoms with Gasteiger partial charge in [0.05, 0.1) is 11.4 Å². The molecule has 53 heavy (non-hydrogen) atoms. The number of pyridine rings is 1. The zero-order chi connectivity index (χ0) is 39.6. The number of aryl methyl sites for hydroxylation is 2. The number of aliphatic imine (C=N–C) groups is 1. The molecule has 0 saturated heterocycles. The number of hydrogen-bond acceptors (Lipinski definition) is 5. The molecule has 8 rings (SSSR count). The maximum Gasteiger partial charge on any atom is 0.217 e. The Labute approximate surface area is 318 Å². The molecule has 3 heterocycles. The van der Waals surface area contributed by atoms with Gasteiger partial charge in [0.2, 0.25) is 5.90 Å². The van der Waals surface area contributed by atoms with E-state index >= 15 is 0 Å². The fourth-order valence-electron chi connectivity index (χ4n) is 8.30. The number of benzene rings is 4. The van der Waals surface area contributed by atoms with Crippen LogP contribution in [0.1, 0.15) is 127 Å². The minimum Gasteiger partial charge on any atom is -0.464 e. The summed E-state index contributed by atoms with van der Waals surface area (Å²) in [6.07, 6.45) is 0.143. The highest BCUT2D eigenvalue weighted by Crippen LogP contribution is 2.55. The zero-order valence-corrected chi connectivity index (χ0v) is 33.3. The van der Waals surface area contributed by atoms with Crippen molar-refractivity contribution in [3.63, 3.8) is 0 Å². The van der Waals surface area contributed by atoms with E-state index in [4.69, 9.17) is 19.5 Å². The highest BCUT2D eigenvalue weighted by atomic mass is 16.5. The predicted octanol–water partition coefficient (Wildman–Crippen LogP) is 12.3. The van der Waals surface area contributed by atoms with Crippen LogP contribution >= 0.6 is 0 Å². The van der Waals surface area contributed by atoms with E-state index in [-0.39, 0.29) is 16.7 Å². The van der Waals surface area contributed by atoms with Crippen LogP contribution in [-0.2, 0) is 27.5 Å². The van der Waals surface area contributed by atoms with E-state index in [9.17, 15) is 2.74 Å². The van der Waals surface area contributed by atoms with E-state index in [2.05, 4.69) is 121 Å². The Bertz CT molecular complexity index is 2440. The van der Waals surface area contributed by atoms with Crippen LogP contribution in [0.5, 0.6) is 11.5 Å². The second-order valence-electron chi connectivity index (χ2n) is 17.5. The topological polar surface area (TPSA) is 47.0 Å². The van der Waals surface area contributed by atoms with Crippen molar-refractivity contribution in [2.24, 2.45) is 4.99 Å². The van der Waals surface area contributed by atoms with Crippen molar-refractivity contribution in [1.82, 2.24) is 4.98 Å². The third-order valence-electron chi connectivity index (χ3n) is 12.0. The van der Waals surface area contributed by atoms with Crippen LogP contribution in [0.25, 0.3) is 0 Å². The maximum atomic E-state index is 9.43. The van der Waals surface area contributed by atoms with Gasteiger partial charge in [-0.05, 0) is 127 Å². The number of nitrogens with zero attached hydrogens (tertiary/aromatic N) is 3. The lowest BCUT2D eigenvalue weighted by atomic mass is 9.72. The molecule has 4 aromatic carbocycles. The van der Waals surface area contributed by atoms with Crippen molar-refractivity contribution >= 4 is 23.1 Å². The van der Waals surface area contributed by atoms with Crippen LogP contribution < -0.4 is 9.64 Å². The third-order valence-corrected chi connectivity index (χ3v) is 12.0. The predicted molar refractivity (Wildman–Crippen MR) is 218 cm³/mol. The maximum absolute atomic E-state index is 9.43. The first-order chi connectivity index (χ1) is 25.7. The van der Waals surface area contributed by atoms with Gasteiger partial charge >= 0.3 is 0 Å². The number of rotatable bonds is 5. The fraction of sp³-hybridized carbons (Fsp3) is 0.375. The average Bonchev–Trinajstić information content (AvgIpc) is 3.46. The van der Waals surface area contributed by atoms with Crippen molar-refractivity contribution in [3.05, 3.63) is 141 Å². The summed E-state index contributed by atoms with van der Waals surface area (Å²) in [5.74, 6) is 2.92. The van der Waals surface area contributed by atoms with Crippen molar-refractivity contribution in [3.8, 4) is 11.5 Å². The van der Waals surface area contributed by atoms with Crippen molar-refractivity contribution in [2.75, 3.05) is 4.90 Å². The molecule has 0 unspecified atom stereocenters. The molecular formula is C48H53N3O2. The van der Waals surface area contributed by atoms with Gasteiger partial charge in [0.25, 0.3) is 0 Å². The Morgan fingerprint density at radius 3 is 2.34 bits per heavy atom. The average molecular weight is 706 g/mol. The molecule has 272 valence electrons. The number of aromatic nitrogens is 1. The van der Waals surface area contributed by atoms with Gasteiger partial charge in [0.1, 0.15) is 22.9 Å². The minimum absolute atomic E-state index is 0.0103. The Hall–Kier alpha value is -4.90. The largest absolute Gasteiger partial charge is 0.464 e. The van der Waals surface area contributed by atoms with Gasteiger partial charge in [-0.2, -0.15) is 0 Å². The molecule has 5 heteroatoms. The second-order valence-corrected chi connectivity index (χ2v) is 17.5. The molecule has 0 saturated carbocycles. The molecule has 0 bridgehead atoms. The fourth-order valence-corrected chi connectivity index (χ4v) is 8.30. The van der Waals surface area contributed by atoms with Gasteiger partial charge in [-0.25, -0.2) is 9.98 Å². The molecule has 0 radical (unpaired) electrons. The number of hydrogen-bond donors (Lipinski definition) is 0. The molecule has 0 fully saturated rings. The highest BCUT2D eigenvalue weighted by molar-refractivity contribution is 5.97. The summed E-state index contributed by atoms with van der Waals surface area (Å²) in [4.78, 5) is 12.4. The summed E-state index contributed by atoms with van der Waals surface area (Å²) >= 11 is 0. The summed E-state index contributed by atoms with van der Waals surface area (Å²) in [7, 11) is 0. The molecule has 5 nitrogen and oxygen atoms in total. The van der Waals surface area contributed by atoms with Gasteiger partial charge in [-0.3, -0.25) is 4.90 Å². The van der Waals surface area contributed by atoms with Gasteiger partial charge in [0, 0.05) is 43.5 Å². The van der Waals surface area contributed by atoms with E-state index in [1.54, 1.807) is 0 Å². The van der Waals surface area contributed by atoms with Crippen LogP contribution in [0.3, 0.4) is 0 Å². The first kappa shape index (κ1) is 32.7. The highest BCUT2D eigenvalue weighted by Gasteiger charge is 2.59. The second kappa shape index (κ2) is 11.8. The Morgan fingerprint density at radius 2 is 1.60 bits per heavy atom. The molecule has 2 aliphatic heterocycles. The van der Waals surface area contributed by atoms with Crippen molar-refractivity contribution < 1.29 is 12.2 Å². The monoisotopic (exact) mass is 705 g/mol. The molecule has 1 aliphatic carbocycles. The lowest BCUT2D eigenvalue weighted by Gasteiger charge is -2.41. The standard InChI is InChI=1S/C48H53N3O2/c1-28(2)32-22-33(44-50-47(11)27-38-31(5)30(4)15-17-39(38)48(47,12)53-44)24-37(23-32)52-36-21-29(3)20-35(26-36)51-42-18-16-34(45(6,7)8)25-41(42)46(9,10)40-14-13-19-49-43(40)51/h13-26,28H,27H2,1-12H3/t47-,48+/m1/s1/i27D2. The van der Waals surface area contributed by atoms with E-state index in [0.717, 1.165) is 50.6 Å². The lowest BCUT2D eigenvalue weighted by molar-refractivity contribution is 0.0450. The van der Waals surface area contributed by atoms with Crippen LogP contribution in [0.15, 0.2) is 90.1 Å². The smallest absolute Gasteiger partial charge is 0.217 e. The zero-order valence-electron chi connectivity index (χ0n) is 35.3. The summed E-state index contributed by atoms with van der Waals surface area (Å²) < 4.78 is 32.5. The summed E-state index contributed by atoms with van der Waals surface area (Å²) in [5.41, 5.74) is 9.94. The van der Waals surface area contributed by atoms with Gasteiger partial charge in [-0.15, -0.1) is 0 Å². The molecular weight excluding hydrogens is 651 g/mol. The molecule has 3 aliphatic rings. The van der Waals surface area contributed by atoms with Crippen molar-refractivity contribution in [2.45, 2.75) is 117 Å². The summed E-state index contributed by atoms with van der Waals surface area (Å²) in [6.45, 7) is 25.7. The van der Waals surface area contributed by atoms with E-state index in [1.165, 1.54) is 16.7 Å². The van der Waals surface area contributed by atoms with Crippen LogP contribution in [0.4, 0.5) is 17.2 Å². The normalized spacial score (nSPS) is 22.6. The van der Waals surface area contributed by atoms with Gasteiger partial charge in [-0.1, -0.05) is 78.8 Å². The first-order valence-corrected chi connectivity index (χ1v) is 18.9. The van der Waals surface area contributed by atoms with Crippen LogP contribution in [0.2, 0.25) is 0 Å². The Morgan fingerprint density at radius 1 is 0.849 bits per heavy atom. The molecule has 5 aromatic rings. The Kier molecular flexibility index (Phi) is 7.29. The van der Waals surface area contributed by atoms with E-state index < -0.39 is 17.5 Å². The van der Waals surface area contributed by atoms with Gasteiger partial charge in [0.15, 0.2) is 5.60 Å². The lowest BCUT2D eigenvalue weighted by Crippen LogP contribution is -2.40. The molecule has 1 aromatic heterocycles. The van der Waals surface area contributed by atoms with Gasteiger partial charge < -0.3 is 9.47 Å². The van der Waals surface area contributed by atoms with E-state index in [0.29, 0.717) is 23.0 Å². The summed E-state index contributed by atoms with van der Waals surface area (Å²) in [6, 6.07) is 27.7. The SMILES string of the molecule is [2H]C1([2H])c2c(ccc(C)c2C)[C@]2(C)OC(c3cc(Oc4cc(C)cc(N5c6ccc(C(C)(C)C)cc6C(C)(C)c6cccnc65)c4)cc(C(C)C)c3)=N[C@]12C. The number of anilines is 3. The molecule has 0 spiro atoms. The quantitative estimate of drug-likeness (QED) is 0.183. The van der Waals surface area contributed by atoms with E-state index in [1.807, 2.05) is 52.1 Å².